The van der Waals surface area contributed by atoms with Gasteiger partial charge in [0.05, 0.1) is 11.4 Å². The molecule has 3 heterocycles. The molecule has 1 aliphatic heterocycles. The summed E-state index contributed by atoms with van der Waals surface area (Å²) < 4.78 is 0. The molecule has 0 aliphatic carbocycles. The molecule has 0 spiro atoms. The smallest absolute Gasteiger partial charge is 0.189 e. The molecule has 0 atom stereocenters. The molecule has 0 bridgehead atoms. The van der Waals surface area contributed by atoms with Gasteiger partial charge in [0.2, 0.25) is 0 Å². The van der Waals surface area contributed by atoms with Crippen LogP contribution in [-0.4, -0.2) is 72.3 Å². The summed E-state index contributed by atoms with van der Waals surface area (Å²) in [6.07, 6.45) is 0. The minimum absolute atomic E-state index is 0.734. The van der Waals surface area contributed by atoms with Crippen LogP contribution in [-0.2, 0) is 0 Å². The molecule has 0 radical (unpaired) electrons. The van der Waals surface area contributed by atoms with Gasteiger partial charge in [-0.15, -0.1) is 11.3 Å². The molecule has 36 heavy (non-hydrogen) atoms. The highest BCUT2D eigenvalue weighted by Gasteiger charge is 2.24. The zero-order valence-electron chi connectivity index (χ0n) is 21.8. The lowest BCUT2D eigenvalue weighted by atomic mass is 10.2. The number of benzene rings is 1. The monoisotopic (exact) mass is 523 g/mol. The predicted octanol–water partition coefficient (Wildman–Crippen LogP) is 5.42. The lowest BCUT2D eigenvalue weighted by molar-refractivity contribution is 0.389. The Morgan fingerprint density at radius 3 is 2.19 bits per heavy atom. The Labute approximate surface area is 224 Å². The third-order valence-electron chi connectivity index (χ3n) is 6.69. The number of nitrogens with one attached hydrogen (secondary N) is 1. The molecular formula is C27H37N7S2. The van der Waals surface area contributed by atoms with Crippen molar-refractivity contribution in [1.82, 2.24) is 14.9 Å². The van der Waals surface area contributed by atoms with Gasteiger partial charge in [0.15, 0.2) is 16.1 Å². The molecule has 2 aromatic heterocycles. The maximum absolute atomic E-state index is 5.76. The molecule has 1 aromatic carbocycles. The normalized spacial score (nSPS) is 13.6. The van der Waals surface area contributed by atoms with E-state index in [4.69, 9.17) is 22.2 Å². The van der Waals surface area contributed by atoms with Crippen molar-refractivity contribution in [3.8, 4) is 11.3 Å². The Morgan fingerprint density at radius 1 is 0.889 bits per heavy atom. The Balaban J connectivity index is 1.44. The van der Waals surface area contributed by atoms with Crippen molar-refractivity contribution >= 4 is 51.1 Å². The van der Waals surface area contributed by atoms with Gasteiger partial charge in [0, 0.05) is 63.3 Å². The Morgan fingerprint density at radius 2 is 1.56 bits per heavy atom. The number of piperazine rings is 1. The molecule has 1 saturated heterocycles. The van der Waals surface area contributed by atoms with Gasteiger partial charge >= 0.3 is 0 Å². The van der Waals surface area contributed by atoms with Gasteiger partial charge in [0.1, 0.15) is 5.82 Å². The number of hydrogen-bond donors (Lipinski definition) is 1. The summed E-state index contributed by atoms with van der Waals surface area (Å²) in [7, 11) is 0. The quantitative estimate of drug-likeness (QED) is 0.373. The van der Waals surface area contributed by atoms with Gasteiger partial charge in [-0.3, -0.25) is 0 Å². The zero-order chi connectivity index (χ0) is 25.5. The Kier molecular flexibility index (Phi) is 8.98. The van der Waals surface area contributed by atoms with Crippen molar-refractivity contribution in [3.63, 3.8) is 0 Å². The molecule has 1 N–H and O–H groups in total. The lowest BCUT2D eigenvalue weighted by Crippen LogP contribution is -2.50. The summed E-state index contributed by atoms with van der Waals surface area (Å²) in [5, 5.41) is 7.00. The van der Waals surface area contributed by atoms with Crippen molar-refractivity contribution in [2.45, 2.75) is 27.7 Å². The van der Waals surface area contributed by atoms with Crippen LogP contribution in [0, 0.1) is 0 Å². The maximum Gasteiger partial charge on any atom is 0.189 e. The number of pyridine rings is 1. The van der Waals surface area contributed by atoms with Crippen molar-refractivity contribution in [3.05, 3.63) is 47.8 Å². The Hall–Kier alpha value is -2.91. The fourth-order valence-electron chi connectivity index (χ4n) is 4.56. The van der Waals surface area contributed by atoms with E-state index in [1.54, 1.807) is 11.3 Å². The summed E-state index contributed by atoms with van der Waals surface area (Å²) in [5.74, 6) is 2.12. The van der Waals surface area contributed by atoms with Crippen LogP contribution in [0.1, 0.15) is 27.7 Å². The number of rotatable bonds is 9. The van der Waals surface area contributed by atoms with Crippen molar-refractivity contribution < 1.29 is 0 Å². The summed E-state index contributed by atoms with van der Waals surface area (Å²) in [4.78, 5) is 19.2. The van der Waals surface area contributed by atoms with E-state index < -0.39 is 0 Å². The number of aromatic nitrogens is 2. The second kappa shape index (κ2) is 12.4. The van der Waals surface area contributed by atoms with E-state index >= 15 is 0 Å². The van der Waals surface area contributed by atoms with Crippen LogP contribution >= 0.6 is 23.6 Å². The van der Waals surface area contributed by atoms with E-state index in [9.17, 15) is 0 Å². The van der Waals surface area contributed by atoms with Crippen LogP contribution in [0.2, 0.25) is 0 Å². The van der Waals surface area contributed by atoms with Crippen LogP contribution in [0.15, 0.2) is 47.8 Å². The summed E-state index contributed by atoms with van der Waals surface area (Å²) >= 11 is 7.35. The molecule has 1 fully saturated rings. The van der Waals surface area contributed by atoms with Gasteiger partial charge in [-0.2, -0.15) is 0 Å². The summed E-state index contributed by atoms with van der Waals surface area (Å²) in [5.41, 5.74) is 3.30. The van der Waals surface area contributed by atoms with E-state index in [1.165, 1.54) is 5.69 Å². The maximum atomic E-state index is 5.76. The van der Waals surface area contributed by atoms with Crippen LogP contribution in [0.4, 0.5) is 22.5 Å². The molecule has 192 valence electrons. The molecular weight excluding hydrogens is 486 g/mol. The number of nitrogens with zero attached hydrogens (tertiary/aromatic N) is 6. The predicted molar refractivity (Wildman–Crippen MR) is 159 cm³/mol. The summed E-state index contributed by atoms with van der Waals surface area (Å²) in [6.45, 7) is 16.0. The average molecular weight is 524 g/mol. The van der Waals surface area contributed by atoms with Gasteiger partial charge in [-0.25, -0.2) is 9.97 Å². The molecule has 9 heteroatoms. The van der Waals surface area contributed by atoms with Crippen LogP contribution in [0.3, 0.4) is 0 Å². The SMILES string of the molecule is CCN(CC)c1ccc(N(CC)CC)c(N2CCN(C(=S)Nc3nc(-c4ccccc4)cs3)CC2)n1. The first-order valence-electron chi connectivity index (χ1n) is 12.9. The topological polar surface area (TPSA) is 50.8 Å². The minimum Gasteiger partial charge on any atom is -0.369 e. The molecule has 0 saturated carbocycles. The van der Waals surface area contributed by atoms with E-state index in [0.29, 0.717) is 0 Å². The second-order valence-corrected chi connectivity index (χ2v) is 9.91. The van der Waals surface area contributed by atoms with Gasteiger partial charge in [-0.05, 0) is 52.0 Å². The second-order valence-electron chi connectivity index (χ2n) is 8.66. The summed E-state index contributed by atoms with van der Waals surface area (Å²) in [6, 6.07) is 14.6. The van der Waals surface area contributed by atoms with Gasteiger partial charge in [-0.1, -0.05) is 30.3 Å². The molecule has 0 unspecified atom stereocenters. The van der Waals surface area contributed by atoms with Crippen molar-refractivity contribution in [2.24, 2.45) is 0 Å². The molecule has 7 nitrogen and oxygen atoms in total. The Bertz CT molecular complexity index is 1120. The minimum atomic E-state index is 0.734. The highest BCUT2D eigenvalue weighted by molar-refractivity contribution is 7.80. The highest BCUT2D eigenvalue weighted by atomic mass is 32.1. The van der Waals surface area contributed by atoms with E-state index in [0.717, 1.165) is 85.5 Å². The number of anilines is 4. The van der Waals surface area contributed by atoms with Crippen molar-refractivity contribution in [1.29, 1.82) is 0 Å². The number of thiazole rings is 1. The van der Waals surface area contributed by atoms with Crippen molar-refractivity contribution in [2.75, 3.05) is 72.4 Å². The molecule has 0 amide bonds. The third kappa shape index (κ3) is 5.90. The first kappa shape index (κ1) is 26.2. The highest BCUT2D eigenvalue weighted by Crippen LogP contribution is 2.31. The first-order valence-corrected chi connectivity index (χ1v) is 14.2. The standard InChI is InChI=1S/C27H37N7S2/c1-5-31(6-2)23-14-15-24(32(7-3)8-4)29-25(23)33-16-18-34(19-17-33)27(35)30-26-28-22(20-36-26)21-12-10-9-11-13-21/h9-15,20H,5-8,16-19H2,1-4H3,(H,28,30,35). The van der Waals surface area contributed by atoms with Crippen LogP contribution in [0.25, 0.3) is 11.3 Å². The molecule has 3 aromatic rings. The van der Waals surface area contributed by atoms with E-state index in [-0.39, 0.29) is 0 Å². The number of thiocarbonyl (C=S) groups is 1. The van der Waals surface area contributed by atoms with E-state index in [1.807, 2.05) is 18.2 Å². The fraction of sp³-hybridized carbons (Fsp3) is 0.444. The first-order chi connectivity index (χ1) is 17.6. The largest absolute Gasteiger partial charge is 0.369 e. The van der Waals surface area contributed by atoms with E-state index in [2.05, 4.69) is 82.3 Å². The zero-order valence-corrected chi connectivity index (χ0v) is 23.4. The molecule has 1 aliphatic rings. The average Bonchev–Trinajstić information content (AvgIpc) is 3.39. The van der Waals surface area contributed by atoms with Gasteiger partial charge in [0.25, 0.3) is 0 Å². The van der Waals surface area contributed by atoms with Gasteiger partial charge < -0.3 is 24.9 Å². The lowest BCUT2D eigenvalue weighted by Gasteiger charge is -2.38. The number of hydrogen-bond acceptors (Lipinski definition) is 7. The van der Waals surface area contributed by atoms with Crippen LogP contribution in [0.5, 0.6) is 0 Å². The van der Waals surface area contributed by atoms with Crippen LogP contribution < -0.4 is 20.0 Å². The molecule has 4 rings (SSSR count). The fourth-order valence-corrected chi connectivity index (χ4v) is 5.63. The third-order valence-corrected chi connectivity index (χ3v) is 7.80.